The lowest BCUT2D eigenvalue weighted by Gasteiger charge is -2.13. The first kappa shape index (κ1) is 13.1. The van der Waals surface area contributed by atoms with E-state index in [-0.39, 0.29) is 6.10 Å². The fourth-order valence-electron chi connectivity index (χ4n) is 1.84. The topological polar surface area (TPSA) is 56.3 Å². The lowest BCUT2D eigenvalue weighted by Crippen LogP contribution is -2.17. The summed E-state index contributed by atoms with van der Waals surface area (Å²) in [5, 5.41) is 3.16. The van der Waals surface area contributed by atoms with Crippen molar-refractivity contribution in [1.82, 2.24) is 9.97 Å². The van der Waals surface area contributed by atoms with E-state index in [0.29, 0.717) is 18.4 Å². The first-order valence-corrected chi connectivity index (χ1v) is 6.61. The Morgan fingerprint density at radius 2 is 2.44 bits per heavy atom. The Bertz CT molecular complexity index is 378. The Hall–Kier alpha value is -1.36. The Labute approximate surface area is 108 Å². The summed E-state index contributed by atoms with van der Waals surface area (Å²) < 4.78 is 11.3. The minimum atomic E-state index is 0.214. The third-order valence-electron chi connectivity index (χ3n) is 2.89. The zero-order chi connectivity index (χ0) is 12.8. The van der Waals surface area contributed by atoms with E-state index in [2.05, 4.69) is 22.2 Å². The van der Waals surface area contributed by atoms with Gasteiger partial charge in [-0.05, 0) is 26.2 Å². The lowest BCUT2D eigenvalue weighted by molar-refractivity contribution is 0.0661. The van der Waals surface area contributed by atoms with Gasteiger partial charge in [0.15, 0.2) is 0 Å². The molecule has 5 heteroatoms. The van der Waals surface area contributed by atoms with Gasteiger partial charge in [0.25, 0.3) is 0 Å². The summed E-state index contributed by atoms with van der Waals surface area (Å²) in [7, 11) is 0. The zero-order valence-electron chi connectivity index (χ0n) is 11.1. The van der Waals surface area contributed by atoms with Gasteiger partial charge in [0, 0.05) is 24.9 Å². The van der Waals surface area contributed by atoms with Gasteiger partial charge in [0.1, 0.15) is 6.61 Å². The van der Waals surface area contributed by atoms with E-state index < -0.39 is 0 Å². The standard InChI is InChI=1S/C13H21N3O2/c1-3-6-14-13-15-8-10(2)12(16-13)18-9-11-5-4-7-17-11/h8,11H,3-7,9H2,1-2H3,(H,14,15,16). The number of hydrogen-bond acceptors (Lipinski definition) is 5. The molecule has 1 atom stereocenters. The van der Waals surface area contributed by atoms with Crippen LogP contribution < -0.4 is 10.1 Å². The molecule has 0 aromatic carbocycles. The molecule has 1 aromatic heterocycles. The Morgan fingerprint density at radius 1 is 1.56 bits per heavy atom. The molecular formula is C13H21N3O2. The molecule has 1 saturated heterocycles. The van der Waals surface area contributed by atoms with Gasteiger partial charge in [-0.25, -0.2) is 4.98 Å². The SMILES string of the molecule is CCCNc1ncc(C)c(OCC2CCCO2)n1. The van der Waals surface area contributed by atoms with Crippen molar-refractivity contribution in [2.24, 2.45) is 0 Å². The molecule has 0 aliphatic carbocycles. The highest BCUT2D eigenvalue weighted by Crippen LogP contribution is 2.18. The number of nitrogens with zero attached hydrogens (tertiary/aromatic N) is 2. The Balaban J connectivity index is 1.92. The van der Waals surface area contributed by atoms with Gasteiger partial charge in [-0.1, -0.05) is 6.92 Å². The minimum absolute atomic E-state index is 0.214. The van der Waals surface area contributed by atoms with Crippen molar-refractivity contribution in [2.45, 2.75) is 39.2 Å². The molecule has 2 heterocycles. The summed E-state index contributed by atoms with van der Waals surface area (Å²) in [6.07, 6.45) is 5.25. The monoisotopic (exact) mass is 251 g/mol. The number of aromatic nitrogens is 2. The second-order valence-corrected chi connectivity index (χ2v) is 4.55. The number of ether oxygens (including phenoxy) is 2. The first-order valence-electron chi connectivity index (χ1n) is 6.61. The molecule has 1 aliphatic rings. The van der Waals surface area contributed by atoms with Crippen LogP contribution in [0.15, 0.2) is 6.20 Å². The van der Waals surface area contributed by atoms with Crippen molar-refractivity contribution in [3.05, 3.63) is 11.8 Å². The smallest absolute Gasteiger partial charge is 0.225 e. The average molecular weight is 251 g/mol. The van der Waals surface area contributed by atoms with Crippen molar-refractivity contribution >= 4 is 5.95 Å². The van der Waals surface area contributed by atoms with Gasteiger partial charge in [0.2, 0.25) is 11.8 Å². The van der Waals surface area contributed by atoms with Crippen LogP contribution in [-0.4, -0.2) is 35.8 Å². The summed E-state index contributed by atoms with van der Waals surface area (Å²) >= 11 is 0. The maximum atomic E-state index is 5.73. The van der Waals surface area contributed by atoms with Crippen LogP contribution in [0, 0.1) is 6.92 Å². The largest absolute Gasteiger partial charge is 0.475 e. The highest BCUT2D eigenvalue weighted by molar-refractivity contribution is 5.32. The molecule has 18 heavy (non-hydrogen) atoms. The normalized spacial score (nSPS) is 18.9. The Morgan fingerprint density at radius 3 is 3.17 bits per heavy atom. The first-order chi connectivity index (χ1) is 8.79. The average Bonchev–Trinajstić information content (AvgIpc) is 2.89. The van der Waals surface area contributed by atoms with E-state index in [1.54, 1.807) is 6.20 Å². The van der Waals surface area contributed by atoms with E-state index >= 15 is 0 Å². The highest BCUT2D eigenvalue weighted by Gasteiger charge is 2.17. The van der Waals surface area contributed by atoms with Gasteiger partial charge in [0.05, 0.1) is 6.10 Å². The van der Waals surface area contributed by atoms with E-state index in [1.807, 2.05) is 6.92 Å². The van der Waals surface area contributed by atoms with Gasteiger partial charge in [-0.2, -0.15) is 4.98 Å². The summed E-state index contributed by atoms with van der Waals surface area (Å²) in [6, 6.07) is 0. The van der Waals surface area contributed by atoms with Gasteiger partial charge in [-0.3, -0.25) is 0 Å². The molecule has 1 fully saturated rings. The van der Waals surface area contributed by atoms with Crippen LogP contribution in [0.25, 0.3) is 0 Å². The third-order valence-corrected chi connectivity index (χ3v) is 2.89. The molecular weight excluding hydrogens is 230 g/mol. The quantitative estimate of drug-likeness (QED) is 0.839. The number of nitrogens with one attached hydrogen (secondary N) is 1. The zero-order valence-corrected chi connectivity index (χ0v) is 11.1. The van der Waals surface area contributed by atoms with Crippen LogP contribution in [0.5, 0.6) is 5.88 Å². The molecule has 2 rings (SSSR count). The summed E-state index contributed by atoms with van der Waals surface area (Å²) in [5.74, 6) is 1.28. The van der Waals surface area contributed by atoms with Crippen LogP contribution in [0.2, 0.25) is 0 Å². The van der Waals surface area contributed by atoms with Crippen LogP contribution >= 0.6 is 0 Å². The predicted molar refractivity (Wildman–Crippen MR) is 70.0 cm³/mol. The molecule has 100 valence electrons. The van der Waals surface area contributed by atoms with Crippen LogP contribution in [-0.2, 0) is 4.74 Å². The van der Waals surface area contributed by atoms with Gasteiger partial charge in [-0.15, -0.1) is 0 Å². The van der Waals surface area contributed by atoms with Crippen LogP contribution in [0.4, 0.5) is 5.95 Å². The molecule has 0 amide bonds. The van der Waals surface area contributed by atoms with Crippen molar-refractivity contribution in [3.8, 4) is 5.88 Å². The van der Waals surface area contributed by atoms with E-state index in [0.717, 1.165) is 38.0 Å². The minimum Gasteiger partial charge on any atom is -0.475 e. The number of anilines is 1. The number of hydrogen-bond donors (Lipinski definition) is 1. The molecule has 0 radical (unpaired) electrons. The highest BCUT2D eigenvalue weighted by atomic mass is 16.5. The molecule has 5 nitrogen and oxygen atoms in total. The second-order valence-electron chi connectivity index (χ2n) is 4.55. The fourth-order valence-corrected chi connectivity index (χ4v) is 1.84. The summed E-state index contributed by atoms with van der Waals surface area (Å²) in [5.41, 5.74) is 0.954. The van der Waals surface area contributed by atoms with Crippen LogP contribution in [0.3, 0.4) is 0 Å². The van der Waals surface area contributed by atoms with Gasteiger partial charge >= 0.3 is 0 Å². The molecule has 1 N–H and O–H groups in total. The predicted octanol–water partition coefficient (Wildman–Crippen LogP) is 2.16. The molecule has 0 spiro atoms. The molecule has 0 bridgehead atoms. The number of aryl methyl sites for hydroxylation is 1. The molecule has 1 aliphatic heterocycles. The van der Waals surface area contributed by atoms with Gasteiger partial charge < -0.3 is 14.8 Å². The van der Waals surface area contributed by atoms with Crippen LogP contribution in [0.1, 0.15) is 31.7 Å². The maximum absolute atomic E-state index is 5.73. The lowest BCUT2D eigenvalue weighted by atomic mass is 10.2. The van der Waals surface area contributed by atoms with E-state index in [1.165, 1.54) is 0 Å². The third kappa shape index (κ3) is 3.57. The maximum Gasteiger partial charge on any atom is 0.225 e. The Kier molecular flexibility index (Phi) is 4.75. The fraction of sp³-hybridized carbons (Fsp3) is 0.692. The van der Waals surface area contributed by atoms with Crippen molar-refractivity contribution < 1.29 is 9.47 Å². The molecule has 1 aromatic rings. The van der Waals surface area contributed by atoms with Crippen molar-refractivity contribution in [3.63, 3.8) is 0 Å². The summed E-state index contributed by atoms with van der Waals surface area (Å²) in [6.45, 7) is 6.35. The second kappa shape index (κ2) is 6.54. The van der Waals surface area contributed by atoms with Crippen molar-refractivity contribution in [1.29, 1.82) is 0 Å². The summed E-state index contributed by atoms with van der Waals surface area (Å²) in [4.78, 5) is 8.59. The van der Waals surface area contributed by atoms with E-state index in [9.17, 15) is 0 Å². The molecule has 1 unspecified atom stereocenters. The molecule has 0 saturated carbocycles. The van der Waals surface area contributed by atoms with E-state index in [4.69, 9.17) is 9.47 Å². The van der Waals surface area contributed by atoms with Crippen molar-refractivity contribution in [2.75, 3.05) is 25.1 Å². The number of rotatable bonds is 6.